The van der Waals surface area contributed by atoms with Gasteiger partial charge >= 0.3 is 5.97 Å². The largest absolute Gasteiger partial charge is 0.460 e. The first-order chi connectivity index (χ1) is 30.3. The molecule has 64 heavy (non-hydrogen) atoms. The van der Waals surface area contributed by atoms with E-state index in [4.69, 9.17) is 23.7 Å². The van der Waals surface area contributed by atoms with E-state index in [-0.39, 0.29) is 42.5 Å². The number of hydrogen-bond acceptors (Lipinski definition) is 13. The summed E-state index contributed by atoms with van der Waals surface area (Å²) in [5, 5.41) is 34.1. The number of ketones is 3. The fourth-order valence-electron chi connectivity index (χ4n) is 10.9. The summed E-state index contributed by atoms with van der Waals surface area (Å²) >= 11 is 0. The lowest BCUT2D eigenvalue weighted by Gasteiger charge is -2.50. The Bertz CT molecular complexity index is 1790. The number of esters is 1. The molecule has 14 heteroatoms. The number of aliphatic hydroxyl groups excluding tert-OH is 2. The molecule has 0 radical (unpaired) electrons. The number of amides is 1. The Balaban J connectivity index is 1.51. The molecule has 1 aliphatic carbocycles. The normalized spacial score (nSPS) is 43.2. The van der Waals surface area contributed by atoms with Crippen LogP contribution in [0.25, 0.3) is 0 Å². The van der Waals surface area contributed by atoms with Gasteiger partial charge in [-0.2, -0.15) is 0 Å². The van der Waals surface area contributed by atoms with E-state index in [1.54, 1.807) is 41.1 Å². The van der Waals surface area contributed by atoms with Crippen LogP contribution in [0.4, 0.5) is 0 Å². The van der Waals surface area contributed by atoms with Gasteiger partial charge in [0.1, 0.15) is 30.1 Å². The second-order valence-electron chi connectivity index (χ2n) is 19.5. The molecular weight excluding hydrogens is 823 g/mol. The van der Waals surface area contributed by atoms with E-state index in [0.29, 0.717) is 69.8 Å². The first kappa shape index (κ1) is 51.6. The molecule has 4 bridgehead atoms. The van der Waals surface area contributed by atoms with Crippen molar-refractivity contribution >= 4 is 29.2 Å². The Labute approximate surface area is 379 Å². The molecule has 14 nitrogen and oxygen atoms in total. The van der Waals surface area contributed by atoms with Crippen molar-refractivity contribution in [2.24, 2.45) is 41.4 Å². The molecule has 1 amide bonds. The summed E-state index contributed by atoms with van der Waals surface area (Å²) in [7, 11) is 4.52. The van der Waals surface area contributed by atoms with Crippen LogP contribution in [0.3, 0.4) is 0 Å². The van der Waals surface area contributed by atoms with Gasteiger partial charge in [0.2, 0.25) is 5.79 Å². The minimum atomic E-state index is -2.43. The smallest absolute Gasteiger partial charge is 0.329 e. The number of piperidine rings is 1. The Morgan fingerprint density at radius 2 is 1.58 bits per heavy atom. The highest BCUT2D eigenvalue weighted by Crippen LogP contribution is 2.45. The molecule has 0 aromatic carbocycles. The number of allylic oxidation sites excluding steroid dienone is 6. The van der Waals surface area contributed by atoms with Gasteiger partial charge in [0.25, 0.3) is 11.7 Å². The Morgan fingerprint density at radius 1 is 0.844 bits per heavy atom. The minimum absolute atomic E-state index is 0.0231. The van der Waals surface area contributed by atoms with Crippen LogP contribution in [0.1, 0.15) is 112 Å². The molecule has 3 N–H and O–H groups in total. The maximum atomic E-state index is 14.4. The van der Waals surface area contributed by atoms with Crippen molar-refractivity contribution in [1.82, 2.24) is 4.90 Å². The highest BCUT2D eigenvalue weighted by molar-refractivity contribution is 6.39. The quantitative estimate of drug-likeness (QED) is 0.181. The molecule has 3 saturated heterocycles. The van der Waals surface area contributed by atoms with Crippen molar-refractivity contribution in [3.05, 3.63) is 47.6 Å². The molecule has 0 aromatic rings. The van der Waals surface area contributed by atoms with Crippen LogP contribution >= 0.6 is 0 Å². The number of Topliss-reactive ketones (excluding diaryl/α,β-unsaturated/α-hetero) is 3. The van der Waals surface area contributed by atoms with Crippen molar-refractivity contribution in [2.45, 2.75) is 167 Å². The van der Waals surface area contributed by atoms with Crippen molar-refractivity contribution in [2.75, 3.05) is 27.9 Å². The number of carbonyl (C=O) groups is 5. The fraction of sp³-hybridized carbons (Fsp3) is 0.740. The zero-order valence-corrected chi connectivity index (χ0v) is 39.5. The van der Waals surface area contributed by atoms with E-state index in [1.807, 2.05) is 51.2 Å². The highest BCUT2D eigenvalue weighted by atomic mass is 16.6. The molecule has 1 saturated carbocycles. The van der Waals surface area contributed by atoms with Crippen LogP contribution in [0, 0.1) is 41.4 Å². The van der Waals surface area contributed by atoms with Crippen LogP contribution in [0.5, 0.6) is 0 Å². The average molecular weight is 898 g/mol. The fourth-order valence-corrected chi connectivity index (χ4v) is 10.9. The number of carbonyl (C=O) groups excluding carboxylic acids is 5. The molecule has 4 aliphatic heterocycles. The molecule has 358 valence electrons. The van der Waals surface area contributed by atoms with Gasteiger partial charge in [-0.15, -0.1) is 0 Å². The number of ether oxygens (including phenoxy) is 5. The summed E-state index contributed by atoms with van der Waals surface area (Å²) < 4.78 is 29.4. The standard InChI is InChI=1S/C50H75NO13/c1-28-14-11-10-12-15-29(2)40(60-7)26-35-19-17-33(6)50(59,64-35)47(56)48(57)51-21-13-16-36-37(24-34-18-20-38(52)42(25-34)61-8)41(63-49(58)43(36)51)27-39(53)30(3)23-32(5)45(55)46(62-9)44(54)31(4)22-28/h10-12,14-15,23,28,30-31,33-38,40-43,45-46,52,55,59H,13,16-22,24-27H2,1-9H3/b12-10+,14-11+,29-15+,32-23+/t28-,30?,31?,33?,34?,35+,36-,37?,38-,40+,41+,42?,43?,45?,46+,50?/m1/s1. The minimum Gasteiger partial charge on any atom is -0.460 e. The van der Waals surface area contributed by atoms with Gasteiger partial charge in [0, 0.05) is 64.4 Å². The summed E-state index contributed by atoms with van der Waals surface area (Å²) in [6.45, 7) is 10.9. The Morgan fingerprint density at radius 3 is 2.27 bits per heavy atom. The maximum absolute atomic E-state index is 14.4. The Hall–Kier alpha value is -3.37. The van der Waals surface area contributed by atoms with Crippen molar-refractivity contribution in [3.8, 4) is 0 Å². The molecule has 0 spiro atoms. The predicted molar refractivity (Wildman–Crippen MR) is 238 cm³/mol. The molecule has 16 atom stereocenters. The topological polar surface area (TPSA) is 195 Å². The first-order valence-electron chi connectivity index (χ1n) is 23.5. The average Bonchev–Trinajstić information content (AvgIpc) is 3.27. The SMILES string of the molecule is COC1CC(CC2[C@H]3CCCN4C(=O)C(=O)C5(O)O[C@@H](CCC5C)C[C@H](OC)/C(C)=C/C=C/C=C/[C@@H](C)CC(C)C(=O)[C@H](OC)C(O)/C(C)=C/C(C)C(=O)C[C@@H]2OC(=O)C34)CC[C@H]1O. The van der Waals surface area contributed by atoms with Gasteiger partial charge in [-0.1, -0.05) is 64.2 Å². The first-order valence-corrected chi connectivity index (χ1v) is 23.5. The van der Waals surface area contributed by atoms with Gasteiger partial charge in [0.15, 0.2) is 5.78 Å². The lowest BCUT2D eigenvalue weighted by Crippen LogP contribution is -2.65. The maximum Gasteiger partial charge on any atom is 0.329 e. The summed E-state index contributed by atoms with van der Waals surface area (Å²) in [6, 6.07) is -1.12. The third-order valence-corrected chi connectivity index (χ3v) is 14.9. The molecule has 5 rings (SSSR count). The molecular formula is C50H75NO13. The summed E-state index contributed by atoms with van der Waals surface area (Å²) in [6.07, 6.45) is 10.8. The Kier molecular flexibility index (Phi) is 18.5. The number of nitrogens with zero attached hydrogens (tertiary/aromatic N) is 1. The van der Waals surface area contributed by atoms with E-state index >= 15 is 0 Å². The van der Waals surface area contributed by atoms with Crippen LogP contribution in [-0.4, -0.2) is 132 Å². The number of rotatable bonds is 5. The van der Waals surface area contributed by atoms with Gasteiger partial charge in [-0.25, -0.2) is 4.79 Å². The van der Waals surface area contributed by atoms with Gasteiger partial charge < -0.3 is 43.9 Å². The van der Waals surface area contributed by atoms with E-state index in [1.165, 1.54) is 12.0 Å². The summed E-state index contributed by atoms with van der Waals surface area (Å²) in [5.74, 6) is -8.43. The van der Waals surface area contributed by atoms with E-state index in [0.717, 1.165) is 5.57 Å². The van der Waals surface area contributed by atoms with Crippen molar-refractivity contribution < 1.29 is 63.0 Å². The van der Waals surface area contributed by atoms with Crippen LogP contribution < -0.4 is 0 Å². The molecule has 0 aromatic heterocycles. The molecule has 9 unspecified atom stereocenters. The highest BCUT2D eigenvalue weighted by Gasteiger charge is 2.57. The molecule has 4 fully saturated rings. The van der Waals surface area contributed by atoms with Crippen LogP contribution in [0.15, 0.2) is 47.6 Å². The molecule has 4 heterocycles. The van der Waals surface area contributed by atoms with E-state index < -0.39 is 95.7 Å². The second kappa shape index (κ2) is 22.9. The van der Waals surface area contributed by atoms with Crippen LogP contribution in [-0.2, 0) is 47.7 Å². The van der Waals surface area contributed by atoms with Gasteiger partial charge in [-0.3, -0.25) is 19.2 Å². The summed E-state index contributed by atoms with van der Waals surface area (Å²) in [5.41, 5.74) is 1.28. The zero-order valence-electron chi connectivity index (χ0n) is 39.5. The monoisotopic (exact) mass is 898 g/mol. The summed E-state index contributed by atoms with van der Waals surface area (Å²) in [4.78, 5) is 72.0. The van der Waals surface area contributed by atoms with Crippen molar-refractivity contribution in [3.63, 3.8) is 0 Å². The lowest BCUT2D eigenvalue weighted by molar-refractivity contribution is -0.266. The van der Waals surface area contributed by atoms with Gasteiger partial charge in [0.05, 0.1) is 24.4 Å². The van der Waals surface area contributed by atoms with E-state index in [9.17, 15) is 39.3 Å². The zero-order chi connectivity index (χ0) is 47.0. The van der Waals surface area contributed by atoms with E-state index in [2.05, 4.69) is 0 Å². The third-order valence-electron chi connectivity index (χ3n) is 14.9. The van der Waals surface area contributed by atoms with Crippen LogP contribution in [0.2, 0.25) is 0 Å². The predicted octanol–water partition coefficient (Wildman–Crippen LogP) is 5.40. The lowest BCUT2D eigenvalue weighted by atomic mass is 9.68. The number of aliphatic hydroxyl groups is 3. The number of fused-ring (bicyclic) bond motifs is 4. The van der Waals surface area contributed by atoms with Crippen molar-refractivity contribution in [1.29, 1.82) is 0 Å². The third kappa shape index (κ3) is 12.0. The second-order valence-corrected chi connectivity index (χ2v) is 19.5. The molecule has 5 aliphatic rings. The number of methoxy groups -OCH3 is 3. The number of hydrogen-bond donors (Lipinski definition) is 3. The van der Waals surface area contributed by atoms with Gasteiger partial charge in [-0.05, 0) is 101 Å².